The summed E-state index contributed by atoms with van der Waals surface area (Å²) in [6, 6.07) is -1.10. The van der Waals surface area contributed by atoms with Crippen molar-refractivity contribution in [1.82, 2.24) is 4.90 Å². The number of likely N-dealkylation sites (tertiary alicyclic amines) is 1. The summed E-state index contributed by atoms with van der Waals surface area (Å²) in [5.41, 5.74) is 5.31. The highest BCUT2D eigenvalue weighted by Gasteiger charge is 2.38. The molecule has 0 saturated carbocycles. The van der Waals surface area contributed by atoms with Gasteiger partial charge < -0.3 is 20.6 Å². The third-order valence-corrected chi connectivity index (χ3v) is 3.83. The molecule has 1 aliphatic rings. The van der Waals surface area contributed by atoms with Gasteiger partial charge in [0.25, 0.3) is 0 Å². The van der Waals surface area contributed by atoms with Crippen LogP contribution in [-0.4, -0.2) is 50.7 Å². The van der Waals surface area contributed by atoms with Crippen LogP contribution >= 0.6 is 7.60 Å². The van der Waals surface area contributed by atoms with Crippen molar-refractivity contribution in [3.8, 4) is 0 Å². The van der Waals surface area contributed by atoms with Crippen molar-refractivity contribution in [2.45, 2.75) is 24.7 Å². The second kappa shape index (κ2) is 4.59. The highest BCUT2D eigenvalue weighted by atomic mass is 31.2. The first-order valence-corrected chi connectivity index (χ1v) is 6.28. The Morgan fingerprint density at radius 1 is 1.60 bits per heavy atom. The molecule has 1 rings (SSSR count). The monoisotopic (exact) mass is 238 g/mol. The molecule has 0 bridgehead atoms. The summed E-state index contributed by atoms with van der Waals surface area (Å²) in [4.78, 5) is 30.0. The molecule has 0 aromatic carbocycles. The van der Waals surface area contributed by atoms with Gasteiger partial charge in [-0.2, -0.15) is 0 Å². The Hall–Kier alpha value is -0.460. The van der Waals surface area contributed by atoms with E-state index in [0.717, 1.165) is 0 Å². The van der Waals surface area contributed by atoms with Crippen LogP contribution in [0.5, 0.6) is 0 Å². The number of hydrogen-bond acceptors (Lipinski definition) is 4. The predicted octanol–water partition coefficient (Wildman–Crippen LogP) is -1.00. The van der Waals surface area contributed by atoms with Crippen molar-refractivity contribution >= 4 is 13.6 Å². The Morgan fingerprint density at radius 3 is 2.67 bits per heavy atom. The van der Waals surface area contributed by atoms with Crippen LogP contribution in [0.2, 0.25) is 0 Å². The zero-order valence-corrected chi connectivity index (χ0v) is 9.01. The number of aliphatic carboxylic acids is 1. The van der Waals surface area contributed by atoms with Crippen LogP contribution in [0.25, 0.3) is 0 Å². The summed E-state index contributed by atoms with van der Waals surface area (Å²) in [5.74, 6) is -2.03. The maximum atomic E-state index is 11.1. The van der Waals surface area contributed by atoms with E-state index >= 15 is 0 Å². The minimum Gasteiger partial charge on any atom is -0.480 e. The van der Waals surface area contributed by atoms with E-state index < -0.39 is 25.4 Å². The molecule has 7 nitrogen and oxygen atoms in total. The van der Waals surface area contributed by atoms with E-state index in [9.17, 15) is 9.36 Å². The number of nitrogens with two attached hydrogens (primary N) is 1. The van der Waals surface area contributed by atoms with E-state index in [-0.39, 0.29) is 6.54 Å². The molecule has 88 valence electrons. The summed E-state index contributed by atoms with van der Waals surface area (Å²) in [6.07, 6.45) is 1.04. The maximum absolute atomic E-state index is 11.1. The largest absolute Gasteiger partial charge is 0.480 e. The molecule has 1 heterocycles. The Morgan fingerprint density at radius 2 is 2.20 bits per heavy atom. The van der Waals surface area contributed by atoms with E-state index in [4.69, 9.17) is 20.6 Å². The quantitative estimate of drug-likeness (QED) is 0.463. The normalized spacial score (nSPS) is 25.4. The fourth-order valence-electron chi connectivity index (χ4n) is 1.73. The van der Waals surface area contributed by atoms with Crippen LogP contribution in [0.4, 0.5) is 0 Å². The van der Waals surface area contributed by atoms with E-state index in [0.29, 0.717) is 19.4 Å². The van der Waals surface area contributed by atoms with Crippen LogP contribution in [0.1, 0.15) is 12.8 Å². The molecule has 1 unspecified atom stereocenters. The number of nitrogens with zero attached hydrogens (tertiary/aromatic N) is 1. The lowest BCUT2D eigenvalue weighted by Crippen LogP contribution is -2.44. The third kappa shape index (κ3) is 3.25. The van der Waals surface area contributed by atoms with Gasteiger partial charge in [-0.25, -0.2) is 0 Å². The molecule has 2 atom stereocenters. The first-order valence-electron chi connectivity index (χ1n) is 4.60. The van der Waals surface area contributed by atoms with Gasteiger partial charge in [0.1, 0.15) is 11.8 Å². The highest BCUT2D eigenvalue weighted by Crippen LogP contribution is 2.47. The van der Waals surface area contributed by atoms with Gasteiger partial charge in [0.2, 0.25) is 0 Å². The number of carbonyl (C=O) groups is 1. The van der Waals surface area contributed by atoms with Crippen LogP contribution in [0.15, 0.2) is 0 Å². The van der Waals surface area contributed by atoms with E-state index in [1.807, 2.05) is 0 Å². The second-order valence-electron chi connectivity index (χ2n) is 3.65. The van der Waals surface area contributed by atoms with Crippen LogP contribution < -0.4 is 5.73 Å². The fraction of sp³-hybridized carbons (Fsp3) is 0.857. The van der Waals surface area contributed by atoms with E-state index in [2.05, 4.69) is 0 Å². The molecule has 0 amide bonds. The zero-order valence-electron chi connectivity index (χ0n) is 8.11. The first kappa shape index (κ1) is 12.6. The summed E-state index contributed by atoms with van der Waals surface area (Å²) >= 11 is 0. The molecule has 8 heteroatoms. The summed E-state index contributed by atoms with van der Waals surface area (Å²) in [5, 5.41) is 8.59. The molecule has 15 heavy (non-hydrogen) atoms. The molecular weight excluding hydrogens is 223 g/mol. The highest BCUT2D eigenvalue weighted by molar-refractivity contribution is 7.52. The Bertz CT molecular complexity index is 291. The molecule has 5 N–H and O–H groups in total. The van der Waals surface area contributed by atoms with Crippen molar-refractivity contribution in [3.63, 3.8) is 0 Å². The average molecular weight is 238 g/mol. The van der Waals surface area contributed by atoms with Gasteiger partial charge in [0.15, 0.2) is 0 Å². The zero-order chi connectivity index (χ0) is 11.6. The minimum atomic E-state index is -4.18. The summed E-state index contributed by atoms with van der Waals surface area (Å²) in [7, 11) is -4.18. The van der Waals surface area contributed by atoms with Gasteiger partial charge in [-0.15, -0.1) is 0 Å². The van der Waals surface area contributed by atoms with Crippen molar-refractivity contribution in [2.75, 3.05) is 13.1 Å². The fourth-order valence-corrected chi connectivity index (χ4v) is 2.89. The van der Waals surface area contributed by atoms with Gasteiger partial charge in [-0.1, -0.05) is 0 Å². The van der Waals surface area contributed by atoms with Gasteiger partial charge in [0, 0.05) is 6.54 Å². The number of hydrogen-bond donors (Lipinski definition) is 4. The average Bonchev–Trinajstić information content (AvgIpc) is 2.50. The van der Waals surface area contributed by atoms with Gasteiger partial charge in [-0.05, 0) is 19.4 Å². The van der Waals surface area contributed by atoms with Gasteiger partial charge in [0.05, 0.1) is 0 Å². The summed E-state index contributed by atoms with van der Waals surface area (Å²) in [6.45, 7) is 0.460. The second-order valence-corrected chi connectivity index (χ2v) is 5.43. The van der Waals surface area contributed by atoms with Crippen LogP contribution in [0.3, 0.4) is 0 Å². The van der Waals surface area contributed by atoms with Crippen molar-refractivity contribution < 1.29 is 24.3 Å². The molecule has 0 spiro atoms. The smallest absolute Gasteiger partial charge is 0.342 e. The molecule has 0 aromatic rings. The molecule has 1 fully saturated rings. The Labute approximate surface area is 87.0 Å². The van der Waals surface area contributed by atoms with Gasteiger partial charge in [-0.3, -0.25) is 14.3 Å². The van der Waals surface area contributed by atoms with Crippen LogP contribution in [0, 0.1) is 0 Å². The molecule has 0 aromatic heterocycles. The lowest BCUT2D eigenvalue weighted by molar-refractivity contribution is -0.139. The Kier molecular flexibility index (Phi) is 3.86. The molecule has 0 aliphatic carbocycles. The maximum Gasteiger partial charge on any atom is 0.342 e. The molecule has 1 aliphatic heterocycles. The third-order valence-electron chi connectivity index (χ3n) is 2.47. The van der Waals surface area contributed by atoms with Crippen molar-refractivity contribution in [3.05, 3.63) is 0 Å². The summed E-state index contributed by atoms with van der Waals surface area (Å²) < 4.78 is 11.1. The lowest BCUT2D eigenvalue weighted by Gasteiger charge is -2.26. The van der Waals surface area contributed by atoms with Gasteiger partial charge >= 0.3 is 13.6 Å². The van der Waals surface area contributed by atoms with E-state index in [1.54, 1.807) is 0 Å². The SMILES string of the molecule is N[C@@H](CN1CCCC1P(=O)(O)O)C(=O)O. The molecule has 1 saturated heterocycles. The number of carboxylic acid groups (broad SMARTS) is 1. The van der Waals surface area contributed by atoms with Crippen molar-refractivity contribution in [2.24, 2.45) is 5.73 Å². The number of rotatable bonds is 4. The number of carboxylic acids is 1. The van der Waals surface area contributed by atoms with Crippen LogP contribution in [-0.2, 0) is 9.36 Å². The first-order chi connectivity index (χ1) is 6.82. The minimum absolute atomic E-state index is 0.0227. The van der Waals surface area contributed by atoms with E-state index in [1.165, 1.54) is 4.90 Å². The molecule has 0 radical (unpaired) electrons. The standard InChI is InChI=1S/C7H15N2O5P/c8-5(7(10)11)4-9-3-1-2-6(9)15(12,13)14/h5-6H,1-4,8H2,(H,10,11)(H2,12,13,14)/t5-,6?/m0/s1. The van der Waals surface area contributed by atoms with Crippen molar-refractivity contribution in [1.29, 1.82) is 0 Å². The lowest BCUT2D eigenvalue weighted by atomic mass is 10.3. The predicted molar refractivity (Wildman–Crippen MR) is 52.3 cm³/mol. The molecular formula is C7H15N2O5P. The topological polar surface area (TPSA) is 124 Å². The Balaban J connectivity index is 2.62.